The van der Waals surface area contributed by atoms with Gasteiger partial charge in [0.15, 0.2) is 0 Å². The zero-order valence-corrected chi connectivity index (χ0v) is 14.2. The van der Waals surface area contributed by atoms with Gasteiger partial charge < -0.3 is 10.1 Å². The van der Waals surface area contributed by atoms with Crippen molar-refractivity contribution in [2.75, 3.05) is 25.6 Å². The van der Waals surface area contributed by atoms with Crippen LogP contribution >= 0.6 is 0 Å². The van der Waals surface area contributed by atoms with Crippen molar-refractivity contribution < 1.29 is 17.9 Å². The molecule has 0 saturated carbocycles. The van der Waals surface area contributed by atoms with E-state index in [-0.39, 0.29) is 22.9 Å². The number of carbonyl (C=O) groups excluding carboxylic acids is 1. The van der Waals surface area contributed by atoms with Crippen molar-refractivity contribution >= 4 is 21.6 Å². The van der Waals surface area contributed by atoms with Crippen molar-refractivity contribution in [3.05, 3.63) is 60.2 Å². The topological polar surface area (TPSA) is 84.5 Å². The van der Waals surface area contributed by atoms with Crippen LogP contribution < -0.4 is 10.0 Å². The van der Waals surface area contributed by atoms with Crippen LogP contribution in [0, 0.1) is 0 Å². The van der Waals surface area contributed by atoms with Crippen LogP contribution in [-0.4, -0.2) is 34.6 Å². The molecule has 2 rings (SSSR count). The quantitative estimate of drug-likeness (QED) is 0.717. The number of rotatable bonds is 8. The Hall–Kier alpha value is -2.22. The lowest BCUT2D eigenvalue weighted by molar-refractivity contribution is 0.102. The van der Waals surface area contributed by atoms with Crippen molar-refractivity contribution in [3.8, 4) is 0 Å². The second-order valence-electron chi connectivity index (χ2n) is 5.09. The fourth-order valence-corrected chi connectivity index (χ4v) is 3.16. The molecule has 0 atom stereocenters. The van der Waals surface area contributed by atoms with Crippen molar-refractivity contribution in [3.63, 3.8) is 0 Å². The number of amides is 1. The van der Waals surface area contributed by atoms with E-state index in [2.05, 4.69) is 10.0 Å². The van der Waals surface area contributed by atoms with Gasteiger partial charge in [-0.25, -0.2) is 13.1 Å². The number of para-hydroxylation sites is 1. The first-order valence-corrected chi connectivity index (χ1v) is 8.96. The van der Waals surface area contributed by atoms with Gasteiger partial charge in [-0.15, -0.1) is 0 Å². The first-order valence-electron chi connectivity index (χ1n) is 7.48. The van der Waals surface area contributed by atoms with Gasteiger partial charge >= 0.3 is 0 Å². The number of anilines is 1. The summed E-state index contributed by atoms with van der Waals surface area (Å²) in [4.78, 5) is 12.3. The maximum atomic E-state index is 12.2. The molecule has 0 spiro atoms. The standard InChI is InChI=1S/C17H20N2O4S/c1-23-12-6-11-18-24(21,22)16-10-5-7-14(13-16)17(20)19-15-8-3-2-4-9-15/h2-5,7-10,13,18H,6,11-12H2,1H3,(H,19,20). The van der Waals surface area contributed by atoms with Crippen LogP contribution in [0.25, 0.3) is 0 Å². The molecule has 0 unspecified atom stereocenters. The highest BCUT2D eigenvalue weighted by Crippen LogP contribution is 2.14. The van der Waals surface area contributed by atoms with Gasteiger partial charge in [-0.2, -0.15) is 0 Å². The minimum Gasteiger partial charge on any atom is -0.385 e. The summed E-state index contributed by atoms with van der Waals surface area (Å²) >= 11 is 0. The average molecular weight is 348 g/mol. The zero-order chi connectivity index (χ0) is 17.4. The SMILES string of the molecule is COCCCNS(=O)(=O)c1cccc(C(=O)Nc2ccccc2)c1. The van der Waals surface area contributed by atoms with Gasteiger partial charge in [0.1, 0.15) is 0 Å². The van der Waals surface area contributed by atoms with Gasteiger partial charge in [0.2, 0.25) is 10.0 Å². The number of hydrogen-bond donors (Lipinski definition) is 2. The maximum absolute atomic E-state index is 12.2. The van der Waals surface area contributed by atoms with Crippen molar-refractivity contribution in [2.45, 2.75) is 11.3 Å². The molecular formula is C17H20N2O4S. The minimum atomic E-state index is -3.66. The molecule has 0 fully saturated rings. The number of carbonyl (C=O) groups is 1. The summed E-state index contributed by atoms with van der Waals surface area (Å²) in [6, 6.07) is 14.9. The van der Waals surface area contributed by atoms with Crippen molar-refractivity contribution in [1.29, 1.82) is 0 Å². The molecule has 0 bridgehead atoms. The Labute approximate surface area is 141 Å². The predicted octanol–water partition coefficient (Wildman–Crippen LogP) is 2.25. The van der Waals surface area contributed by atoms with E-state index in [4.69, 9.17) is 4.74 Å². The number of sulfonamides is 1. The lowest BCUT2D eigenvalue weighted by Crippen LogP contribution is -2.26. The van der Waals surface area contributed by atoms with Gasteiger partial charge in [0, 0.05) is 31.5 Å². The zero-order valence-electron chi connectivity index (χ0n) is 13.4. The van der Waals surface area contributed by atoms with E-state index in [1.165, 1.54) is 12.1 Å². The van der Waals surface area contributed by atoms with E-state index < -0.39 is 10.0 Å². The molecule has 1 amide bonds. The summed E-state index contributed by atoms with van der Waals surface area (Å²) in [5, 5.41) is 2.73. The highest BCUT2D eigenvalue weighted by Gasteiger charge is 2.15. The Morgan fingerprint density at radius 3 is 2.54 bits per heavy atom. The molecule has 0 aliphatic rings. The van der Waals surface area contributed by atoms with Gasteiger partial charge in [-0.1, -0.05) is 24.3 Å². The summed E-state index contributed by atoms with van der Waals surface area (Å²) in [6.45, 7) is 0.749. The molecule has 0 radical (unpaired) electrons. The molecule has 6 nitrogen and oxygen atoms in total. The average Bonchev–Trinajstić information content (AvgIpc) is 2.60. The Morgan fingerprint density at radius 1 is 1.08 bits per heavy atom. The van der Waals surface area contributed by atoms with E-state index in [0.29, 0.717) is 18.7 Å². The van der Waals surface area contributed by atoms with Gasteiger partial charge in [-0.05, 0) is 36.8 Å². The smallest absolute Gasteiger partial charge is 0.255 e. The first kappa shape index (κ1) is 18.1. The summed E-state index contributed by atoms with van der Waals surface area (Å²) in [5.74, 6) is -0.363. The summed E-state index contributed by atoms with van der Waals surface area (Å²) < 4.78 is 31.9. The van der Waals surface area contributed by atoms with Crippen LogP contribution in [0.3, 0.4) is 0 Å². The number of hydrogen-bond acceptors (Lipinski definition) is 4. The molecule has 2 aromatic rings. The first-order chi connectivity index (χ1) is 11.5. The largest absolute Gasteiger partial charge is 0.385 e. The fraction of sp³-hybridized carbons (Fsp3) is 0.235. The molecule has 128 valence electrons. The molecular weight excluding hydrogens is 328 g/mol. The second kappa shape index (κ2) is 8.58. The van der Waals surface area contributed by atoms with Crippen molar-refractivity contribution in [2.24, 2.45) is 0 Å². The number of nitrogens with one attached hydrogen (secondary N) is 2. The highest BCUT2D eigenvalue weighted by molar-refractivity contribution is 7.89. The Balaban J connectivity index is 2.09. The van der Waals surface area contributed by atoms with Crippen LogP contribution in [0.2, 0.25) is 0 Å². The van der Waals surface area contributed by atoms with Gasteiger partial charge in [0.05, 0.1) is 4.90 Å². The Bertz CT molecular complexity index is 776. The molecule has 2 N–H and O–H groups in total. The highest BCUT2D eigenvalue weighted by atomic mass is 32.2. The van der Waals surface area contributed by atoms with Gasteiger partial charge in [0.25, 0.3) is 5.91 Å². The van der Waals surface area contributed by atoms with E-state index in [0.717, 1.165) is 0 Å². The summed E-state index contributed by atoms with van der Waals surface area (Å²) in [7, 11) is -2.10. The summed E-state index contributed by atoms with van der Waals surface area (Å²) in [6.07, 6.45) is 0.573. The molecule has 0 saturated heterocycles. The molecule has 2 aromatic carbocycles. The predicted molar refractivity (Wildman–Crippen MR) is 92.5 cm³/mol. The van der Waals surface area contributed by atoms with E-state index >= 15 is 0 Å². The Kier molecular flexibility index (Phi) is 6.48. The summed E-state index contributed by atoms with van der Waals surface area (Å²) in [5.41, 5.74) is 0.923. The third-order valence-corrected chi connectivity index (χ3v) is 4.71. The number of benzene rings is 2. The molecule has 0 aliphatic carbocycles. The Morgan fingerprint density at radius 2 is 1.83 bits per heavy atom. The monoisotopic (exact) mass is 348 g/mol. The van der Waals surface area contributed by atoms with E-state index in [9.17, 15) is 13.2 Å². The lowest BCUT2D eigenvalue weighted by atomic mass is 10.2. The van der Waals surface area contributed by atoms with Crippen LogP contribution in [0.15, 0.2) is 59.5 Å². The number of ether oxygens (including phenoxy) is 1. The van der Waals surface area contributed by atoms with Gasteiger partial charge in [-0.3, -0.25) is 4.79 Å². The molecule has 0 heterocycles. The third kappa shape index (κ3) is 5.16. The minimum absolute atomic E-state index is 0.0561. The molecule has 7 heteroatoms. The number of methoxy groups -OCH3 is 1. The molecule has 0 aliphatic heterocycles. The van der Waals surface area contributed by atoms with Crippen LogP contribution in [0.5, 0.6) is 0 Å². The van der Waals surface area contributed by atoms with Crippen LogP contribution in [-0.2, 0) is 14.8 Å². The molecule has 24 heavy (non-hydrogen) atoms. The van der Waals surface area contributed by atoms with E-state index in [1.54, 1.807) is 43.5 Å². The normalized spacial score (nSPS) is 11.2. The molecule has 0 aromatic heterocycles. The van der Waals surface area contributed by atoms with Crippen molar-refractivity contribution in [1.82, 2.24) is 4.72 Å². The fourth-order valence-electron chi connectivity index (χ4n) is 2.04. The van der Waals surface area contributed by atoms with E-state index in [1.807, 2.05) is 6.07 Å². The second-order valence-corrected chi connectivity index (χ2v) is 6.86. The van der Waals surface area contributed by atoms with Crippen LogP contribution in [0.1, 0.15) is 16.8 Å². The van der Waals surface area contributed by atoms with Crippen LogP contribution in [0.4, 0.5) is 5.69 Å². The third-order valence-electron chi connectivity index (χ3n) is 3.26. The maximum Gasteiger partial charge on any atom is 0.255 e. The lowest BCUT2D eigenvalue weighted by Gasteiger charge is -2.09.